The molecule has 0 heterocycles. The molecule has 0 saturated carbocycles. The number of allylic oxidation sites excluding steroid dienone is 5. The normalized spacial score (nSPS) is 14.7. The van der Waals surface area contributed by atoms with Gasteiger partial charge >= 0.3 is 0 Å². The van der Waals surface area contributed by atoms with Crippen molar-refractivity contribution in [1.29, 1.82) is 0 Å². The van der Waals surface area contributed by atoms with E-state index in [1.54, 1.807) is 6.08 Å². The predicted octanol–water partition coefficient (Wildman–Crippen LogP) is 8.48. The maximum absolute atomic E-state index is 12.4. The van der Waals surface area contributed by atoms with Crippen molar-refractivity contribution in [3.63, 3.8) is 0 Å². The molecule has 0 aromatic carbocycles. The molecular formula is C35H65NO4. The van der Waals surface area contributed by atoms with Gasteiger partial charge in [-0.05, 0) is 39.0 Å². The lowest BCUT2D eigenvalue weighted by atomic mass is 10.0. The van der Waals surface area contributed by atoms with E-state index in [-0.39, 0.29) is 6.61 Å². The molecule has 0 aliphatic carbocycles. The molecule has 0 fully saturated rings. The Balaban J connectivity index is 4.01. The van der Waals surface area contributed by atoms with Crippen LogP contribution in [0, 0.1) is 0 Å². The summed E-state index contributed by atoms with van der Waals surface area (Å²) < 4.78 is 0. The highest BCUT2D eigenvalue weighted by Crippen LogP contribution is 2.13. The Kier molecular flexibility index (Phi) is 28.0. The van der Waals surface area contributed by atoms with Gasteiger partial charge in [0.15, 0.2) is 0 Å². The van der Waals surface area contributed by atoms with Crippen LogP contribution < -0.4 is 5.32 Å². The summed E-state index contributed by atoms with van der Waals surface area (Å²) in [4.78, 5) is 12.4. The standard InChI is InChI=1S/C35H65NO4/c1-4-6-8-10-12-13-14-15-16-18-20-24-29-34(39)35(40)36-32(30-37)33(38)28-25-21-23-27-31(3)26-22-19-17-11-9-7-5-2/h22,25-28,32-34,37-39H,4-21,23-24,29-30H2,1-3H3,(H,36,40). The summed E-state index contributed by atoms with van der Waals surface area (Å²) in [6.45, 7) is 6.20. The second kappa shape index (κ2) is 29.1. The summed E-state index contributed by atoms with van der Waals surface area (Å²) in [5.74, 6) is -0.523. The van der Waals surface area contributed by atoms with Gasteiger partial charge in [0.1, 0.15) is 6.10 Å². The van der Waals surface area contributed by atoms with Crippen LogP contribution in [0.1, 0.15) is 156 Å². The molecule has 1 amide bonds. The molecule has 3 unspecified atom stereocenters. The highest BCUT2D eigenvalue weighted by Gasteiger charge is 2.22. The van der Waals surface area contributed by atoms with Crippen molar-refractivity contribution in [2.75, 3.05) is 6.61 Å². The Morgan fingerprint density at radius 3 is 1.77 bits per heavy atom. The molecule has 5 nitrogen and oxygen atoms in total. The van der Waals surface area contributed by atoms with Crippen molar-refractivity contribution >= 4 is 5.91 Å². The zero-order valence-electron chi connectivity index (χ0n) is 26.4. The number of nitrogens with one attached hydrogen (secondary N) is 1. The number of amides is 1. The van der Waals surface area contributed by atoms with Gasteiger partial charge in [-0.2, -0.15) is 0 Å². The van der Waals surface area contributed by atoms with Crippen molar-refractivity contribution in [1.82, 2.24) is 5.32 Å². The molecule has 40 heavy (non-hydrogen) atoms. The number of carbonyl (C=O) groups excluding carboxylic acids is 1. The molecular weight excluding hydrogens is 498 g/mol. The quantitative estimate of drug-likeness (QED) is 0.0436. The van der Waals surface area contributed by atoms with Crippen molar-refractivity contribution in [3.8, 4) is 0 Å². The third kappa shape index (κ3) is 24.4. The number of carbonyl (C=O) groups is 1. The zero-order chi connectivity index (χ0) is 29.7. The number of rotatable bonds is 28. The van der Waals surface area contributed by atoms with Crippen LogP contribution in [-0.2, 0) is 4.79 Å². The molecule has 3 atom stereocenters. The molecule has 0 aliphatic rings. The Bertz CT molecular complexity index is 658. The zero-order valence-corrected chi connectivity index (χ0v) is 26.4. The Labute approximate surface area is 247 Å². The third-order valence-electron chi connectivity index (χ3n) is 7.56. The molecule has 0 spiro atoms. The van der Waals surface area contributed by atoms with E-state index in [9.17, 15) is 20.1 Å². The highest BCUT2D eigenvalue weighted by molar-refractivity contribution is 5.80. The maximum Gasteiger partial charge on any atom is 0.249 e. The minimum absolute atomic E-state index is 0.384. The number of hydrogen-bond acceptors (Lipinski definition) is 4. The van der Waals surface area contributed by atoms with Crippen LogP contribution in [0.15, 0.2) is 36.0 Å². The number of unbranched alkanes of at least 4 members (excludes halogenated alkanes) is 17. The molecule has 4 N–H and O–H groups in total. The van der Waals surface area contributed by atoms with Crippen molar-refractivity contribution in [2.45, 2.75) is 174 Å². The van der Waals surface area contributed by atoms with E-state index in [4.69, 9.17) is 0 Å². The van der Waals surface area contributed by atoms with Gasteiger partial charge in [-0.1, -0.05) is 153 Å². The lowest BCUT2D eigenvalue weighted by Crippen LogP contribution is -2.48. The van der Waals surface area contributed by atoms with Gasteiger partial charge < -0.3 is 20.6 Å². The smallest absolute Gasteiger partial charge is 0.249 e. The van der Waals surface area contributed by atoms with Crippen LogP contribution in [0.5, 0.6) is 0 Å². The summed E-state index contributed by atoms with van der Waals surface area (Å²) in [5, 5.41) is 32.9. The van der Waals surface area contributed by atoms with E-state index in [0.29, 0.717) is 6.42 Å². The lowest BCUT2D eigenvalue weighted by molar-refractivity contribution is -0.131. The first-order chi connectivity index (χ1) is 19.5. The minimum Gasteiger partial charge on any atom is -0.394 e. The predicted molar refractivity (Wildman–Crippen MR) is 171 cm³/mol. The van der Waals surface area contributed by atoms with Crippen LogP contribution in [0.2, 0.25) is 0 Å². The molecule has 234 valence electrons. The first kappa shape index (κ1) is 38.6. The molecule has 0 aromatic heterocycles. The molecule has 0 saturated heterocycles. The largest absolute Gasteiger partial charge is 0.394 e. The molecule has 0 aromatic rings. The van der Waals surface area contributed by atoms with Crippen molar-refractivity contribution in [2.24, 2.45) is 0 Å². The fraction of sp³-hybridized carbons (Fsp3) is 0.800. The van der Waals surface area contributed by atoms with Crippen LogP contribution in [0.4, 0.5) is 0 Å². The van der Waals surface area contributed by atoms with E-state index in [1.165, 1.54) is 95.5 Å². The van der Waals surface area contributed by atoms with E-state index in [1.807, 2.05) is 6.08 Å². The Morgan fingerprint density at radius 2 is 1.23 bits per heavy atom. The topological polar surface area (TPSA) is 89.8 Å². The number of hydrogen-bond donors (Lipinski definition) is 4. The molecule has 0 bridgehead atoms. The van der Waals surface area contributed by atoms with Gasteiger partial charge in [0.2, 0.25) is 5.91 Å². The monoisotopic (exact) mass is 563 g/mol. The molecule has 0 radical (unpaired) electrons. The van der Waals surface area contributed by atoms with Crippen LogP contribution in [0.25, 0.3) is 0 Å². The Morgan fingerprint density at radius 1 is 0.700 bits per heavy atom. The van der Waals surface area contributed by atoms with Crippen LogP contribution in [0.3, 0.4) is 0 Å². The summed E-state index contributed by atoms with van der Waals surface area (Å²) in [6, 6.07) is -0.821. The average molecular weight is 564 g/mol. The van der Waals surface area contributed by atoms with Crippen molar-refractivity contribution < 1.29 is 20.1 Å². The van der Waals surface area contributed by atoms with Gasteiger partial charge in [0.05, 0.1) is 18.8 Å². The molecule has 0 rings (SSSR count). The average Bonchev–Trinajstić information content (AvgIpc) is 2.95. The first-order valence-corrected chi connectivity index (χ1v) is 16.7. The van der Waals surface area contributed by atoms with E-state index < -0.39 is 24.2 Å². The number of aliphatic hydroxyl groups excluding tert-OH is 3. The van der Waals surface area contributed by atoms with Gasteiger partial charge in [-0.3, -0.25) is 4.79 Å². The van der Waals surface area contributed by atoms with Gasteiger partial charge in [0.25, 0.3) is 0 Å². The van der Waals surface area contributed by atoms with E-state index in [0.717, 1.165) is 38.5 Å². The third-order valence-corrected chi connectivity index (χ3v) is 7.56. The Hall–Kier alpha value is -1.43. The van der Waals surface area contributed by atoms with Crippen LogP contribution >= 0.6 is 0 Å². The fourth-order valence-corrected chi connectivity index (χ4v) is 4.81. The molecule has 0 aliphatic heterocycles. The second-order valence-electron chi connectivity index (χ2n) is 11.5. The van der Waals surface area contributed by atoms with E-state index >= 15 is 0 Å². The lowest BCUT2D eigenvalue weighted by Gasteiger charge is -2.21. The van der Waals surface area contributed by atoms with E-state index in [2.05, 4.69) is 44.3 Å². The summed E-state index contributed by atoms with van der Waals surface area (Å²) >= 11 is 0. The summed E-state index contributed by atoms with van der Waals surface area (Å²) in [7, 11) is 0. The second-order valence-corrected chi connectivity index (χ2v) is 11.5. The maximum atomic E-state index is 12.4. The van der Waals surface area contributed by atoms with Gasteiger partial charge in [0, 0.05) is 0 Å². The highest BCUT2D eigenvalue weighted by atomic mass is 16.3. The van der Waals surface area contributed by atoms with Gasteiger partial charge in [-0.25, -0.2) is 0 Å². The summed E-state index contributed by atoms with van der Waals surface area (Å²) in [5.41, 5.74) is 1.24. The van der Waals surface area contributed by atoms with Crippen molar-refractivity contribution in [3.05, 3.63) is 36.0 Å². The summed E-state index contributed by atoms with van der Waals surface area (Å²) in [6.07, 6.45) is 32.5. The fourth-order valence-electron chi connectivity index (χ4n) is 4.81. The SMILES string of the molecule is CCCCCCCC=CC(C)=CCCC=CC(O)C(CO)NC(=O)C(O)CCCCCCCCCCCCCC. The number of aliphatic hydroxyl groups is 3. The van der Waals surface area contributed by atoms with Crippen LogP contribution in [-0.4, -0.2) is 46.1 Å². The van der Waals surface area contributed by atoms with Gasteiger partial charge in [-0.15, -0.1) is 0 Å². The molecule has 5 heteroatoms. The first-order valence-electron chi connectivity index (χ1n) is 16.7. The minimum atomic E-state index is -1.11.